The topological polar surface area (TPSA) is 114 Å². The zero-order valence-electron chi connectivity index (χ0n) is 19.9. The van der Waals surface area contributed by atoms with E-state index in [2.05, 4.69) is 10.6 Å². The normalized spacial score (nSPS) is 10.9. The summed E-state index contributed by atoms with van der Waals surface area (Å²) >= 11 is 0. The molecular weight excluding hydrogens is 460 g/mol. The SMILES string of the molecule is COc1ccc(CCOc2ccc(C(=O)N/C(=C\c3ccc(C=O)cc3)C(=O)NCCO)cc2)cc1. The summed E-state index contributed by atoms with van der Waals surface area (Å²) < 4.78 is 10.9. The maximum atomic E-state index is 12.8. The number of aldehydes is 1. The van der Waals surface area contributed by atoms with Gasteiger partial charge in [-0.3, -0.25) is 14.4 Å². The van der Waals surface area contributed by atoms with Crippen LogP contribution in [-0.4, -0.2) is 50.1 Å². The zero-order valence-corrected chi connectivity index (χ0v) is 19.9. The third kappa shape index (κ3) is 7.82. The molecule has 0 bridgehead atoms. The Bertz CT molecular complexity index is 1190. The number of carbonyl (C=O) groups is 3. The number of nitrogens with one attached hydrogen (secondary N) is 2. The van der Waals surface area contributed by atoms with E-state index in [1.807, 2.05) is 24.3 Å². The summed E-state index contributed by atoms with van der Waals surface area (Å²) in [4.78, 5) is 36.2. The maximum absolute atomic E-state index is 12.8. The lowest BCUT2D eigenvalue weighted by atomic mass is 10.1. The Labute approximate surface area is 209 Å². The summed E-state index contributed by atoms with van der Waals surface area (Å²) in [6, 6.07) is 20.9. The van der Waals surface area contributed by atoms with Gasteiger partial charge in [-0.25, -0.2) is 0 Å². The molecule has 0 spiro atoms. The van der Waals surface area contributed by atoms with E-state index < -0.39 is 11.8 Å². The largest absolute Gasteiger partial charge is 0.497 e. The van der Waals surface area contributed by atoms with Crippen LogP contribution in [-0.2, 0) is 11.2 Å². The number of ether oxygens (including phenoxy) is 2. The molecular formula is C28H28N2O6. The molecule has 0 heterocycles. The molecule has 8 nitrogen and oxygen atoms in total. The lowest BCUT2D eigenvalue weighted by molar-refractivity contribution is -0.117. The van der Waals surface area contributed by atoms with Gasteiger partial charge in [-0.1, -0.05) is 36.4 Å². The molecule has 0 atom stereocenters. The minimum atomic E-state index is -0.546. The number of aliphatic hydroxyl groups excluding tert-OH is 1. The summed E-state index contributed by atoms with van der Waals surface area (Å²) in [6.07, 6.45) is 2.93. The van der Waals surface area contributed by atoms with E-state index in [9.17, 15) is 14.4 Å². The van der Waals surface area contributed by atoms with Crippen molar-refractivity contribution in [2.24, 2.45) is 0 Å². The van der Waals surface area contributed by atoms with Crippen LogP contribution in [0.5, 0.6) is 11.5 Å². The van der Waals surface area contributed by atoms with Crippen molar-refractivity contribution in [3.8, 4) is 11.5 Å². The van der Waals surface area contributed by atoms with Gasteiger partial charge in [0, 0.05) is 24.1 Å². The molecule has 0 aliphatic carbocycles. The van der Waals surface area contributed by atoms with Crippen molar-refractivity contribution >= 4 is 24.2 Å². The van der Waals surface area contributed by atoms with Gasteiger partial charge in [0.25, 0.3) is 11.8 Å². The number of hydrogen-bond acceptors (Lipinski definition) is 6. The van der Waals surface area contributed by atoms with Crippen LogP contribution in [0.1, 0.15) is 31.8 Å². The van der Waals surface area contributed by atoms with E-state index in [0.29, 0.717) is 29.0 Å². The van der Waals surface area contributed by atoms with Gasteiger partial charge >= 0.3 is 0 Å². The molecule has 3 aromatic carbocycles. The molecule has 0 saturated carbocycles. The number of benzene rings is 3. The second-order valence-electron chi connectivity index (χ2n) is 7.75. The monoisotopic (exact) mass is 488 g/mol. The van der Waals surface area contributed by atoms with Crippen molar-refractivity contribution in [2.45, 2.75) is 6.42 Å². The molecule has 0 saturated heterocycles. The number of rotatable bonds is 12. The summed E-state index contributed by atoms with van der Waals surface area (Å²) in [5.41, 5.74) is 2.58. The predicted molar refractivity (Wildman–Crippen MR) is 136 cm³/mol. The fourth-order valence-electron chi connectivity index (χ4n) is 3.24. The van der Waals surface area contributed by atoms with Crippen LogP contribution in [0.3, 0.4) is 0 Å². The Balaban J connectivity index is 1.62. The zero-order chi connectivity index (χ0) is 25.8. The standard InChI is InChI=1S/C28H28N2O6/c1-35-24-10-6-20(7-11-24)14-17-36-25-12-8-23(9-13-25)27(33)30-26(28(34)29-15-16-31)18-21-2-4-22(19-32)5-3-21/h2-13,18-19,31H,14-17H2,1H3,(H,29,34)(H,30,33)/b26-18-. The lowest BCUT2D eigenvalue weighted by Crippen LogP contribution is -2.36. The number of hydrogen-bond donors (Lipinski definition) is 3. The Hall–Kier alpha value is -4.43. The first-order valence-electron chi connectivity index (χ1n) is 11.4. The minimum absolute atomic E-state index is 0.00659. The van der Waals surface area contributed by atoms with Crippen molar-refractivity contribution in [3.63, 3.8) is 0 Å². The highest BCUT2D eigenvalue weighted by molar-refractivity contribution is 6.05. The summed E-state index contributed by atoms with van der Waals surface area (Å²) in [6.45, 7) is 0.276. The van der Waals surface area contributed by atoms with E-state index in [1.165, 1.54) is 6.08 Å². The van der Waals surface area contributed by atoms with Gasteiger partial charge in [0.1, 0.15) is 23.5 Å². The van der Waals surface area contributed by atoms with Gasteiger partial charge in [0.2, 0.25) is 0 Å². The molecule has 0 radical (unpaired) electrons. The van der Waals surface area contributed by atoms with Crippen molar-refractivity contribution in [3.05, 3.63) is 101 Å². The lowest BCUT2D eigenvalue weighted by Gasteiger charge is -2.11. The van der Waals surface area contributed by atoms with Crippen molar-refractivity contribution in [1.82, 2.24) is 10.6 Å². The Morgan fingerprint density at radius 3 is 2.14 bits per heavy atom. The first-order valence-corrected chi connectivity index (χ1v) is 11.4. The van der Waals surface area contributed by atoms with Crippen molar-refractivity contribution < 1.29 is 29.0 Å². The van der Waals surface area contributed by atoms with Crippen LogP contribution in [0, 0.1) is 0 Å². The average Bonchev–Trinajstić information content (AvgIpc) is 2.92. The van der Waals surface area contributed by atoms with Gasteiger partial charge in [0.05, 0.1) is 20.3 Å². The molecule has 0 fully saturated rings. The molecule has 0 aromatic heterocycles. The van der Waals surface area contributed by atoms with Crippen LogP contribution in [0.4, 0.5) is 0 Å². The highest BCUT2D eigenvalue weighted by Crippen LogP contribution is 2.15. The quantitative estimate of drug-likeness (QED) is 0.267. The molecule has 3 rings (SSSR count). The maximum Gasteiger partial charge on any atom is 0.267 e. The van der Waals surface area contributed by atoms with Crippen molar-refractivity contribution in [1.29, 1.82) is 0 Å². The predicted octanol–water partition coefficient (Wildman–Crippen LogP) is 3.01. The molecule has 0 aliphatic rings. The molecule has 36 heavy (non-hydrogen) atoms. The molecule has 3 N–H and O–H groups in total. The number of amides is 2. The van der Waals surface area contributed by atoms with E-state index in [1.54, 1.807) is 55.6 Å². The number of aliphatic hydroxyl groups is 1. The van der Waals surface area contributed by atoms with Gasteiger partial charge in [-0.15, -0.1) is 0 Å². The van der Waals surface area contributed by atoms with E-state index >= 15 is 0 Å². The summed E-state index contributed by atoms with van der Waals surface area (Å²) in [7, 11) is 1.62. The Morgan fingerprint density at radius 2 is 1.53 bits per heavy atom. The minimum Gasteiger partial charge on any atom is -0.497 e. The van der Waals surface area contributed by atoms with Gasteiger partial charge in [0.15, 0.2) is 0 Å². The molecule has 8 heteroatoms. The third-order valence-electron chi connectivity index (χ3n) is 5.21. The molecule has 0 aliphatic heterocycles. The van der Waals surface area contributed by atoms with Crippen LogP contribution < -0.4 is 20.1 Å². The van der Waals surface area contributed by atoms with E-state index in [4.69, 9.17) is 14.6 Å². The van der Waals surface area contributed by atoms with Crippen LogP contribution >= 0.6 is 0 Å². The Morgan fingerprint density at radius 1 is 0.889 bits per heavy atom. The summed E-state index contributed by atoms with van der Waals surface area (Å²) in [5.74, 6) is 0.394. The second kappa shape index (κ2) is 13.5. The Kier molecular flexibility index (Phi) is 9.79. The molecule has 186 valence electrons. The van der Waals surface area contributed by atoms with Gasteiger partial charge in [-0.05, 0) is 53.6 Å². The second-order valence-corrected chi connectivity index (χ2v) is 7.75. The smallest absolute Gasteiger partial charge is 0.267 e. The summed E-state index contributed by atoms with van der Waals surface area (Å²) in [5, 5.41) is 14.2. The van der Waals surface area contributed by atoms with E-state index in [0.717, 1.165) is 24.0 Å². The fourth-order valence-corrected chi connectivity index (χ4v) is 3.24. The average molecular weight is 489 g/mol. The highest BCUT2D eigenvalue weighted by atomic mass is 16.5. The van der Waals surface area contributed by atoms with Crippen molar-refractivity contribution in [2.75, 3.05) is 26.9 Å². The molecule has 0 unspecified atom stereocenters. The van der Waals surface area contributed by atoms with Gasteiger partial charge in [-0.2, -0.15) is 0 Å². The van der Waals surface area contributed by atoms with Crippen LogP contribution in [0.15, 0.2) is 78.5 Å². The fraction of sp³-hybridized carbons (Fsp3) is 0.179. The third-order valence-corrected chi connectivity index (χ3v) is 5.21. The molecule has 2 amide bonds. The van der Waals surface area contributed by atoms with Crippen LogP contribution in [0.2, 0.25) is 0 Å². The van der Waals surface area contributed by atoms with Gasteiger partial charge < -0.3 is 25.2 Å². The van der Waals surface area contributed by atoms with E-state index in [-0.39, 0.29) is 18.8 Å². The number of carbonyl (C=O) groups excluding carboxylic acids is 3. The van der Waals surface area contributed by atoms with Crippen LogP contribution in [0.25, 0.3) is 6.08 Å². The molecule has 3 aromatic rings. The highest BCUT2D eigenvalue weighted by Gasteiger charge is 2.14. The number of methoxy groups -OCH3 is 1. The first-order chi connectivity index (χ1) is 17.5. The first kappa shape index (κ1) is 26.2.